The summed E-state index contributed by atoms with van der Waals surface area (Å²) in [5.41, 5.74) is 5.19. The molecule has 1 aliphatic rings. The SMILES string of the molecule is CC(=O)NC[C@@H](CCl)OC(C)=O.CC(=O)NC[C@H]1CN(c2ccc(-[n+]3ccc(-c4ccccn4)[nH]3)c(F)c2)C(=O)O1.O=C(Nc1ccc(-[n+]2ccc(-c3ccccn3)[nH]2)c(F)c1)OCc1ccccc1. The molecule has 0 spiro atoms. The number of carbonyl (C=O) groups is 5. The van der Waals surface area contributed by atoms with Crippen LogP contribution in [0.4, 0.5) is 29.7 Å². The molecule has 7 aromatic rings. The summed E-state index contributed by atoms with van der Waals surface area (Å²) in [4.78, 5) is 65.9. The van der Waals surface area contributed by atoms with Gasteiger partial charge >= 0.3 is 18.2 Å². The number of H-pyrrole nitrogens is 2. The Balaban J connectivity index is 0.000000188. The van der Waals surface area contributed by atoms with Gasteiger partial charge in [-0.1, -0.05) is 51.8 Å². The van der Waals surface area contributed by atoms with Crippen molar-refractivity contribution in [3.05, 3.63) is 157 Å². The van der Waals surface area contributed by atoms with Crippen molar-refractivity contribution in [1.82, 2.24) is 30.8 Å². The van der Waals surface area contributed by atoms with Crippen LogP contribution in [0.3, 0.4) is 0 Å². The lowest BCUT2D eigenvalue weighted by molar-refractivity contribution is -0.656. The van der Waals surface area contributed by atoms with Gasteiger partial charge in [0.1, 0.15) is 30.2 Å². The molecule has 5 heterocycles. The second-order valence-electron chi connectivity index (χ2n) is 15.2. The van der Waals surface area contributed by atoms with E-state index in [0.717, 1.165) is 28.3 Å². The van der Waals surface area contributed by atoms with E-state index in [9.17, 15) is 32.8 Å². The van der Waals surface area contributed by atoms with Crippen LogP contribution in [-0.2, 0) is 35.2 Å². The van der Waals surface area contributed by atoms with Gasteiger partial charge in [0.05, 0.1) is 42.6 Å². The van der Waals surface area contributed by atoms with E-state index in [1.54, 1.807) is 64.5 Å². The Kier molecular flexibility index (Phi) is 18.2. The molecule has 2 atom stereocenters. The molecular weight excluding hydrogens is 930 g/mol. The first-order valence-electron chi connectivity index (χ1n) is 21.6. The van der Waals surface area contributed by atoms with Crippen molar-refractivity contribution in [3.8, 4) is 34.2 Å². The first-order valence-corrected chi connectivity index (χ1v) is 22.1. The van der Waals surface area contributed by atoms with Crippen LogP contribution < -0.4 is 30.2 Å². The van der Waals surface area contributed by atoms with Crippen LogP contribution in [0.2, 0.25) is 0 Å². The molecule has 0 unspecified atom stereocenters. The fourth-order valence-electron chi connectivity index (χ4n) is 6.55. The molecule has 1 aliphatic heterocycles. The largest absolute Gasteiger partial charge is 0.459 e. The minimum Gasteiger partial charge on any atom is -0.459 e. The highest BCUT2D eigenvalue weighted by Gasteiger charge is 2.33. The zero-order chi connectivity index (χ0) is 50.0. The average molecular weight is 979 g/mol. The quantitative estimate of drug-likeness (QED) is 0.0346. The van der Waals surface area contributed by atoms with Crippen molar-refractivity contribution < 1.29 is 56.3 Å². The highest BCUT2D eigenvalue weighted by molar-refractivity contribution is 6.18. The normalized spacial score (nSPS) is 13.0. The Hall–Kier alpha value is -8.52. The van der Waals surface area contributed by atoms with E-state index in [2.05, 4.69) is 36.1 Å². The van der Waals surface area contributed by atoms with E-state index in [1.807, 2.05) is 72.8 Å². The summed E-state index contributed by atoms with van der Waals surface area (Å²) in [5, 5.41) is 13.8. The molecule has 4 aromatic heterocycles. The number of rotatable bonds is 14. The molecule has 1 fully saturated rings. The number of aromatic nitrogens is 6. The highest BCUT2D eigenvalue weighted by Crippen LogP contribution is 2.25. The molecule has 0 aliphatic carbocycles. The minimum absolute atomic E-state index is 0.141. The molecule has 1 saturated heterocycles. The van der Waals surface area contributed by atoms with Gasteiger partial charge in [-0.15, -0.1) is 11.6 Å². The first kappa shape index (κ1) is 50.9. The molecule has 0 bridgehead atoms. The smallest absolute Gasteiger partial charge is 0.414 e. The lowest BCUT2D eigenvalue weighted by Gasteiger charge is -2.13. The van der Waals surface area contributed by atoms with Gasteiger partial charge < -0.3 is 24.8 Å². The van der Waals surface area contributed by atoms with Gasteiger partial charge in [-0.2, -0.15) is 19.0 Å². The third-order valence-electron chi connectivity index (χ3n) is 9.85. The minimum atomic E-state index is -0.647. The number of esters is 1. The van der Waals surface area contributed by atoms with E-state index < -0.39 is 42.0 Å². The molecule has 8 rings (SSSR count). The molecule has 4 amide bonds. The molecule has 18 nitrogen and oxygen atoms in total. The average Bonchev–Trinajstić information content (AvgIpc) is 4.14. The summed E-state index contributed by atoms with van der Waals surface area (Å²) in [6.45, 7) is 4.93. The fraction of sp³-hybridized carbons (Fsp3) is 0.204. The first-order chi connectivity index (χ1) is 33.8. The number of hydrogen-bond donors (Lipinski definition) is 5. The third-order valence-corrected chi connectivity index (χ3v) is 10.2. The van der Waals surface area contributed by atoms with Gasteiger partial charge in [0.15, 0.2) is 11.6 Å². The number of nitrogens with one attached hydrogen (secondary N) is 5. The molecule has 362 valence electrons. The Morgan fingerprint density at radius 1 is 0.786 bits per heavy atom. The maximum Gasteiger partial charge on any atom is 0.414 e. The summed E-state index contributed by atoms with van der Waals surface area (Å²) in [6.07, 6.45) is 4.66. The van der Waals surface area contributed by atoms with Crippen LogP contribution in [0.15, 0.2) is 140 Å². The zero-order valence-corrected chi connectivity index (χ0v) is 38.9. The lowest BCUT2D eigenvalue weighted by atomic mass is 10.2. The second kappa shape index (κ2) is 25.0. The van der Waals surface area contributed by atoms with Crippen LogP contribution in [0.25, 0.3) is 34.2 Å². The van der Waals surface area contributed by atoms with Crippen molar-refractivity contribution in [1.29, 1.82) is 0 Å². The van der Waals surface area contributed by atoms with E-state index in [4.69, 9.17) is 25.8 Å². The van der Waals surface area contributed by atoms with Crippen LogP contribution in [0.5, 0.6) is 0 Å². The Bertz CT molecular complexity index is 2870. The van der Waals surface area contributed by atoms with Gasteiger partial charge in [-0.25, -0.2) is 9.59 Å². The van der Waals surface area contributed by atoms with Gasteiger partial charge in [-0.05, 0) is 42.0 Å². The predicted molar refractivity (Wildman–Crippen MR) is 253 cm³/mol. The van der Waals surface area contributed by atoms with Crippen molar-refractivity contribution in [2.24, 2.45) is 0 Å². The summed E-state index contributed by atoms with van der Waals surface area (Å²) in [5.74, 6) is -1.59. The summed E-state index contributed by atoms with van der Waals surface area (Å²) in [7, 11) is 0. The van der Waals surface area contributed by atoms with Gasteiger partial charge in [0, 0.05) is 75.3 Å². The Labute approximate surface area is 405 Å². The number of ether oxygens (including phenoxy) is 3. The van der Waals surface area contributed by atoms with Crippen molar-refractivity contribution in [3.63, 3.8) is 0 Å². The van der Waals surface area contributed by atoms with Gasteiger partial charge in [0.25, 0.3) is 11.4 Å². The number of anilines is 2. The number of benzene rings is 3. The molecule has 0 saturated carbocycles. The van der Waals surface area contributed by atoms with E-state index in [0.29, 0.717) is 22.7 Å². The number of pyridine rings is 2. The molecule has 3 aromatic carbocycles. The number of amides is 4. The number of halogens is 3. The van der Waals surface area contributed by atoms with E-state index in [1.165, 1.54) is 37.8 Å². The molecule has 70 heavy (non-hydrogen) atoms. The van der Waals surface area contributed by atoms with Crippen molar-refractivity contribution in [2.75, 3.05) is 35.7 Å². The predicted octanol–water partition coefficient (Wildman–Crippen LogP) is 6.49. The van der Waals surface area contributed by atoms with Crippen molar-refractivity contribution >= 4 is 52.9 Å². The molecule has 21 heteroatoms. The van der Waals surface area contributed by atoms with Crippen molar-refractivity contribution in [2.45, 2.75) is 39.6 Å². The van der Waals surface area contributed by atoms with Gasteiger partial charge in [-0.3, -0.25) is 34.6 Å². The number of carbonyl (C=O) groups excluding carboxylic acids is 5. The number of aromatic amines is 2. The molecular formula is C49H49ClF2N10O8+2. The molecule has 0 radical (unpaired) electrons. The van der Waals surface area contributed by atoms with E-state index in [-0.39, 0.29) is 43.9 Å². The number of nitrogens with zero attached hydrogens (tertiary/aromatic N) is 5. The maximum atomic E-state index is 14.8. The second-order valence-corrected chi connectivity index (χ2v) is 15.5. The molecule has 5 N–H and O–H groups in total. The lowest BCUT2D eigenvalue weighted by Crippen LogP contribution is -2.34. The number of alkyl halides is 1. The fourth-order valence-corrected chi connectivity index (χ4v) is 6.72. The van der Waals surface area contributed by atoms with Crippen LogP contribution in [0, 0.1) is 11.6 Å². The number of cyclic esters (lactones) is 1. The monoisotopic (exact) mass is 978 g/mol. The number of hydrogen-bond acceptors (Lipinski definition) is 10. The summed E-state index contributed by atoms with van der Waals surface area (Å²) < 4.78 is 47.6. The van der Waals surface area contributed by atoms with Gasteiger partial charge in [0.2, 0.25) is 24.2 Å². The standard InChI is InChI=1S/C22H17FN4O2.C20H18FN5O3.C7H12ClNO3/c23-18-14-17(25-22(28)29-15-16-6-2-1-3-7-16)9-10-21(18)27-13-11-20(26-27)19-8-4-5-12-24-19;1-13(27)23-11-15-12-25(20(28)29-15)14-5-6-19(16(21)10-14)26-9-7-18(24-26)17-4-2-3-8-22-17;1-5(10)9-4-7(3-8)12-6(2)11/h1-14H,15H2,(H,25,28);2-10,15H,11-12H2,1H3,(H,23,27);7H,3-4H2,1-2H3,(H,9,10)/p+2/t;15-;7-/m.01/s1. The topological polar surface area (TPSA) is 217 Å². The van der Waals surface area contributed by atoms with Crippen LogP contribution in [-0.4, -0.2) is 87.9 Å². The third kappa shape index (κ3) is 15.0. The van der Waals surface area contributed by atoms with E-state index >= 15 is 0 Å². The Morgan fingerprint density at radius 3 is 1.90 bits per heavy atom. The Morgan fingerprint density at radius 2 is 1.37 bits per heavy atom. The maximum absolute atomic E-state index is 14.8. The van der Waals surface area contributed by atoms with Crippen LogP contribution >= 0.6 is 11.6 Å². The summed E-state index contributed by atoms with van der Waals surface area (Å²) >= 11 is 5.47. The van der Waals surface area contributed by atoms with Crippen LogP contribution in [0.1, 0.15) is 26.3 Å². The zero-order valence-electron chi connectivity index (χ0n) is 38.1. The highest BCUT2D eigenvalue weighted by atomic mass is 35.5. The summed E-state index contributed by atoms with van der Waals surface area (Å²) in [6, 6.07) is 33.0.